The zero-order chi connectivity index (χ0) is 13.7. The second-order valence-corrected chi connectivity index (χ2v) is 4.62. The molecule has 0 spiro atoms. The fourth-order valence-electron chi connectivity index (χ4n) is 2.33. The van der Waals surface area contributed by atoms with Crippen LogP contribution < -0.4 is 5.32 Å². The largest absolute Gasteiger partial charge is 0.356 e. The van der Waals surface area contributed by atoms with Gasteiger partial charge < -0.3 is 10.2 Å². The summed E-state index contributed by atoms with van der Waals surface area (Å²) in [7, 11) is 1.73. The first kappa shape index (κ1) is 13.8. The van der Waals surface area contributed by atoms with Crippen molar-refractivity contribution in [2.45, 2.75) is 19.3 Å². The van der Waals surface area contributed by atoms with E-state index >= 15 is 0 Å². The van der Waals surface area contributed by atoms with Crippen molar-refractivity contribution in [3.8, 4) is 0 Å². The number of aliphatic imine (C=N–C) groups is 1. The van der Waals surface area contributed by atoms with Crippen LogP contribution in [0.5, 0.6) is 0 Å². The Morgan fingerprint density at radius 3 is 2.47 bits per heavy atom. The van der Waals surface area contributed by atoms with Crippen LogP contribution in [0.25, 0.3) is 0 Å². The Kier molecular flexibility index (Phi) is 4.71. The molecule has 0 unspecified atom stereocenters. The Balaban J connectivity index is 1.89. The van der Waals surface area contributed by atoms with Gasteiger partial charge in [0.15, 0.2) is 5.96 Å². The normalized spacial score (nSPS) is 15.9. The zero-order valence-electron chi connectivity index (χ0n) is 11.1. The molecule has 0 radical (unpaired) electrons. The molecule has 1 N–H and O–H groups in total. The topological polar surface area (TPSA) is 27.6 Å². The predicted octanol–water partition coefficient (Wildman–Crippen LogP) is 2.18. The van der Waals surface area contributed by atoms with E-state index in [1.54, 1.807) is 7.05 Å². The molecule has 104 valence electrons. The fourth-order valence-corrected chi connectivity index (χ4v) is 2.33. The van der Waals surface area contributed by atoms with Crippen molar-refractivity contribution >= 4 is 5.96 Å². The van der Waals surface area contributed by atoms with Crippen LogP contribution in [0.3, 0.4) is 0 Å². The predicted molar refractivity (Wildman–Crippen MR) is 72.2 cm³/mol. The number of hydrogen-bond donors (Lipinski definition) is 1. The third-order valence-electron chi connectivity index (χ3n) is 3.34. The van der Waals surface area contributed by atoms with E-state index in [9.17, 15) is 8.78 Å². The van der Waals surface area contributed by atoms with Crippen LogP contribution in [-0.4, -0.2) is 37.5 Å². The lowest BCUT2D eigenvalue weighted by Crippen LogP contribution is -2.40. The maximum Gasteiger partial charge on any atom is 0.193 e. The second kappa shape index (κ2) is 6.50. The van der Waals surface area contributed by atoms with E-state index in [-0.39, 0.29) is 5.56 Å². The SMILES string of the molecule is CN=C(NCCc1c(F)cccc1F)N1CCCC1. The van der Waals surface area contributed by atoms with Crippen LogP contribution in [0.15, 0.2) is 23.2 Å². The molecule has 5 heteroatoms. The summed E-state index contributed by atoms with van der Waals surface area (Å²) in [5.74, 6) is -0.162. The Morgan fingerprint density at radius 1 is 1.26 bits per heavy atom. The molecule has 0 atom stereocenters. The lowest BCUT2D eigenvalue weighted by molar-refractivity contribution is 0.491. The molecule has 19 heavy (non-hydrogen) atoms. The van der Waals surface area contributed by atoms with Crippen molar-refractivity contribution in [3.63, 3.8) is 0 Å². The minimum atomic E-state index is -0.488. The van der Waals surface area contributed by atoms with E-state index in [1.807, 2.05) is 0 Å². The highest BCUT2D eigenvalue weighted by atomic mass is 19.1. The van der Waals surface area contributed by atoms with Gasteiger partial charge in [-0.05, 0) is 31.4 Å². The third kappa shape index (κ3) is 3.43. The third-order valence-corrected chi connectivity index (χ3v) is 3.34. The van der Waals surface area contributed by atoms with Gasteiger partial charge in [-0.1, -0.05) is 6.07 Å². The van der Waals surface area contributed by atoms with Crippen LogP contribution in [0.1, 0.15) is 18.4 Å². The number of hydrogen-bond acceptors (Lipinski definition) is 1. The molecule has 1 aliphatic rings. The summed E-state index contributed by atoms with van der Waals surface area (Å²) >= 11 is 0. The summed E-state index contributed by atoms with van der Waals surface area (Å²) in [6.45, 7) is 2.46. The van der Waals surface area contributed by atoms with Gasteiger partial charge in [0.1, 0.15) is 11.6 Å². The van der Waals surface area contributed by atoms with Crippen molar-refractivity contribution in [3.05, 3.63) is 35.4 Å². The Bertz CT molecular complexity index is 434. The first-order valence-corrected chi connectivity index (χ1v) is 6.61. The number of guanidine groups is 1. The molecule has 0 saturated carbocycles. The number of benzene rings is 1. The molecular formula is C14H19F2N3. The first-order valence-electron chi connectivity index (χ1n) is 6.61. The second-order valence-electron chi connectivity index (χ2n) is 4.62. The minimum Gasteiger partial charge on any atom is -0.356 e. The van der Waals surface area contributed by atoms with E-state index in [1.165, 1.54) is 31.0 Å². The average molecular weight is 267 g/mol. The smallest absolute Gasteiger partial charge is 0.193 e. The van der Waals surface area contributed by atoms with Gasteiger partial charge in [-0.3, -0.25) is 4.99 Å². The highest BCUT2D eigenvalue weighted by Crippen LogP contribution is 2.12. The average Bonchev–Trinajstić information content (AvgIpc) is 2.91. The molecule has 0 amide bonds. The van der Waals surface area contributed by atoms with Gasteiger partial charge in [-0.2, -0.15) is 0 Å². The van der Waals surface area contributed by atoms with Gasteiger partial charge in [0.25, 0.3) is 0 Å². The number of halogens is 2. The monoisotopic (exact) mass is 267 g/mol. The van der Waals surface area contributed by atoms with Crippen LogP contribution in [-0.2, 0) is 6.42 Å². The number of nitrogens with one attached hydrogen (secondary N) is 1. The number of likely N-dealkylation sites (tertiary alicyclic amines) is 1. The summed E-state index contributed by atoms with van der Waals surface area (Å²) in [6, 6.07) is 3.95. The van der Waals surface area contributed by atoms with Crippen LogP contribution in [0, 0.1) is 11.6 Å². The van der Waals surface area contributed by atoms with Gasteiger partial charge in [-0.25, -0.2) is 8.78 Å². The van der Waals surface area contributed by atoms with Gasteiger partial charge >= 0.3 is 0 Å². The highest BCUT2D eigenvalue weighted by molar-refractivity contribution is 5.80. The van der Waals surface area contributed by atoms with Crippen molar-refractivity contribution in [1.82, 2.24) is 10.2 Å². The van der Waals surface area contributed by atoms with Crippen molar-refractivity contribution in [2.75, 3.05) is 26.7 Å². The van der Waals surface area contributed by atoms with Gasteiger partial charge in [0.05, 0.1) is 0 Å². The van der Waals surface area contributed by atoms with E-state index < -0.39 is 11.6 Å². The fraction of sp³-hybridized carbons (Fsp3) is 0.500. The van der Waals surface area contributed by atoms with E-state index in [0.717, 1.165) is 19.0 Å². The molecule has 1 saturated heterocycles. The highest BCUT2D eigenvalue weighted by Gasteiger charge is 2.15. The molecule has 1 aromatic rings. The van der Waals surface area contributed by atoms with Crippen LogP contribution >= 0.6 is 0 Å². The standard InChI is InChI=1S/C14H19F2N3/c1-17-14(19-9-2-3-10-19)18-8-7-11-12(15)5-4-6-13(11)16/h4-6H,2-3,7-10H2,1H3,(H,17,18). The summed E-state index contributed by atoms with van der Waals surface area (Å²) in [4.78, 5) is 6.35. The molecule has 3 nitrogen and oxygen atoms in total. The Labute approximate surface area is 112 Å². The van der Waals surface area contributed by atoms with Crippen LogP contribution in [0.2, 0.25) is 0 Å². The number of rotatable bonds is 3. The molecule has 2 rings (SSSR count). The van der Waals surface area contributed by atoms with Gasteiger partial charge in [0, 0.05) is 32.2 Å². The summed E-state index contributed by atoms with van der Waals surface area (Å²) in [5, 5.41) is 3.16. The van der Waals surface area contributed by atoms with E-state index in [4.69, 9.17) is 0 Å². The van der Waals surface area contributed by atoms with E-state index in [2.05, 4.69) is 15.2 Å². The maximum absolute atomic E-state index is 13.4. The number of nitrogens with zero attached hydrogens (tertiary/aromatic N) is 2. The molecule has 0 bridgehead atoms. The molecule has 1 aliphatic heterocycles. The molecule has 1 heterocycles. The summed E-state index contributed by atoms with van der Waals surface area (Å²) in [5.41, 5.74) is 0.131. The lowest BCUT2D eigenvalue weighted by Gasteiger charge is -2.20. The van der Waals surface area contributed by atoms with Gasteiger partial charge in [0.2, 0.25) is 0 Å². The quantitative estimate of drug-likeness (QED) is 0.671. The molecule has 0 aliphatic carbocycles. The first-order chi connectivity index (χ1) is 9.22. The molecule has 1 fully saturated rings. The summed E-state index contributed by atoms with van der Waals surface area (Å²) < 4.78 is 26.9. The van der Waals surface area contributed by atoms with Crippen LogP contribution in [0.4, 0.5) is 8.78 Å². The molecular weight excluding hydrogens is 248 g/mol. The molecule has 0 aromatic heterocycles. The van der Waals surface area contributed by atoms with E-state index in [0.29, 0.717) is 13.0 Å². The summed E-state index contributed by atoms with van der Waals surface area (Å²) in [6.07, 6.45) is 2.65. The van der Waals surface area contributed by atoms with Crippen molar-refractivity contribution in [1.29, 1.82) is 0 Å². The van der Waals surface area contributed by atoms with Crippen molar-refractivity contribution in [2.24, 2.45) is 4.99 Å². The molecule has 1 aromatic carbocycles. The minimum absolute atomic E-state index is 0.131. The lowest BCUT2D eigenvalue weighted by atomic mass is 10.1. The van der Waals surface area contributed by atoms with Crippen molar-refractivity contribution < 1.29 is 8.78 Å². The zero-order valence-corrected chi connectivity index (χ0v) is 11.1. The Morgan fingerprint density at radius 2 is 1.89 bits per heavy atom. The van der Waals surface area contributed by atoms with Gasteiger partial charge in [-0.15, -0.1) is 0 Å². The maximum atomic E-state index is 13.4. The Hall–Kier alpha value is -1.65.